The summed E-state index contributed by atoms with van der Waals surface area (Å²) < 4.78 is 31.1. The van der Waals surface area contributed by atoms with Crippen LogP contribution in [-0.4, -0.2) is 43.0 Å². The summed E-state index contributed by atoms with van der Waals surface area (Å²) in [6.45, 7) is 22.2. The highest BCUT2D eigenvalue weighted by molar-refractivity contribution is 5.94. The number of hydrogen-bond acceptors (Lipinski definition) is 3. The maximum atomic E-state index is 12.2. The number of nitrogens with one attached hydrogen (secondary N) is 1. The molecule has 0 atom stereocenters. The Morgan fingerprint density at radius 1 is 1.19 bits per heavy atom. The number of rotatable bonds is 8. The van der Waals surface area contributed by atoms with Crippen LogP contribution in [0.4, 0.5) is 24.5 Å². The summed E-state index contributed by atoms with van der Waals surface area (Å²) in [5, 5.41) is 3.01. The Labute approximate surface area is 217 Å². The van der Waals surface area contributed by atoms with E-state index in [1.165, 1.54) is 5.70 Å². The number of carbonyl (C=O) groups is 2. The molecule has 5 nitrogen and oxygen atoms in total. The van der Waals surface area contributed by atoms with Gasteiger partial charge in [0, 0.05) is 55.6 Å². The summed E-state index contributed by atoms with van der Waals surface area (Å²) >= 11 is 0. The molecule has 2 rings (SSSR count). The zero-order chi connectivity index (χ0) is 28.7. The Balaban J connectivity index is -0.000000769. The molecule has 0 aromatic heterocycles. The van der Waals surface area contributed by atoms with Gasteiger partial charge in [-0.2, -0.15) is 13.2 Å². The van der Waals surface area contributed by atoms with Crippen LogP contribution in [0.15, 0.2) is 42.6 Å². The lowest BCUT2D eigenvalue weighted by Crippen LogP contribution is -2.24. The van der Waals surface area contributed by atoms with Crippen molar-refractivity contribution in [2.24, 2.45) is 0 Å². The predicted molar refractivity (Wildman–Crippen MR) is 148 cm³/mol. The smallest absolute Gasteiger partial charge is 0.376 e. The molecule has 0 saturated carbocycles. The Morgan fingerprint density at radius 2 is 1.72 bits per heavy atom. The number of hydrogen-bond donors (Lipinski definition) is 1. The van der Waals surface area contributed by atoms with Crippen molar-refractivity contribution >= 4 is 23.7 Å². The second kappa shape index (κ2) is 22.7. The highest BCUT2D eigenvalue weighted by Crippen LogP contribution is 2.32. The Morgan fingerprint density at radius 3 is 2.17 bits per heavy atom. The highest BCUT2D eigenvalue weighted by atomic mass is 19.4. The number of alkyl halides is 3. The maximum Gasteiger partial charge on any atom is 0.386 e. The first kappa shape index (κ1) is 37.8. The molecule has 0 unspecified atom stereocenters. The van der Waals surface area contributed by atoms with Crippen LogP contribution in [-0.2, 0) is 16.0 Å². The van der Waals surface area contributed by atoms with Gasteiger partial charge in [-0.3, -0.25) is 9.59 Å². The number of allylic oxidation sites excluding steroid dienone is 3. The fourth-order valence-electron chi connectivity index (χ4n) is 3.10. The molecule has 1 aliphatic rings. The quantitative estimate of drug-likeness (QED) is 0.282. The van der Waals surface area contributed by atoms with E-state index < -0.39 is 6.18 Å². The van der Waals surface area contributed by atoms with E-state index in [0.29, 0.717) is 13.0 Å². The summed E-state index contributed by atoms with van der Waals surface area (Å²) in [6, 6.07) is 5.71. The number of fused-ring (bicyclic) bond motifs is 1. The van der Waals surface area contributed by atoms with Gasteiger partial charge in [0.15, 0.2) is 0 Å². The van der Waals surface area contributed by atoms with Crippen LogP contribution < -0.4 is 10.2 Å². The SMILES string of the molecule is C/C=C(\C)N(CC)CCCC(=O)Nc1cccc2c1CCN2C=O.C=CC.CC.CC.CC(F)(F)F. The maximum absolute atomic E-state index is 12.2. The van der Waals surface area contributed by atoms with E-state index in [9.17, 15) is 22.8 Å². The average molecular weight is 516 g/mol. The van der Waals surface area contributed by atoms with Gasteiger partial charge in [-0.25, -0.2) is 0 Å². The average Bonchev–Trinajstić information content (AvgIpc) is 3.28. The number of carbonyl (C=O) groups excluding carboxylic acids is 2. The van der Waals surface area contributed by atoms with Crippen molar-refractivity contribution in [3.63, 3.8) is 0 Å². The van der Waals surface area contributed by atoms with Crippen LogP contribution in [0.3, 0.4) is 0 Å². The lowest BCUT2D eigenvalue weighted by molar-refractivity contribution is -0.116. The number of amides is 2. The van der Waals surface area contributed by atoms with Crippen LogP contribution in [0, 0.1) is 0 Å². The molecule has 1 N–H and O–H groups in total. The molecule has 0 saturated heterocycles. The van der Waals surface area contributed by atoms with Crippen molar-refractivity contribution in [2.75, 3.05) is 29.9 Å². The minimum absolute atomic E-state index is 0.0298. The number of benzene rings is 1. The van der Waals surface area contributed by atoms with E-state index in [-0.39, 0.29) is 12.8 Å². The topological polar surface area (TPSA) is 52.7 Å². The third-order valence-corrected chi connectivity index (χ3v) is 4.59. The van der Waals surface area contributed by atoms with E-state index in [2.05, 4.69) is 36.7 Å². The lowest BCUT2D eigenvalue weighted by atomic mass is 10.1. The van der Waals surface area contributed by atoms with Gasteiger partial charge >= 0.3 is 6.18 Å². The third kappa shape index (κ3) is 17.6. The van der Waals surface area contributed by atoms with Crippen molar-refractivity contribution in [1.82, 2.24) is 4.90 Å². The molecule has 0 spiro atoms. The van der Waals surface area contributed by atoms with E-state index in [0.717, 1.165) is 49.3 Å². The summed E-state index contributed by atoms with van der Waals surface area (Å²) in [7, 11) is 0. The second-order valence-corrected chi connectivity index (χ2v) is 7.20. The highest BCUT2D eigenvalue weighted by Gasteiger charge is 2.21. The van der Waals surface area contributed by atoms with E-state index in [4.69, 9.17) is 0 Å². The summed E-state index contributed by atoms with van der Waals surface area (Å²) in [5.41, 5.74) is 4.04. The Bertz CT molecular complexity index is 757. The first-order valence-electron chi connectivity index (χ1n) is 12.7. The fourth-order valence-corrected chi connectivity index (χ4v) is 3.10. The van der Waals surface area contributed by atoms with Crippen molar-refractivity contribution in [3.8, 4) is 0 Å². The van der Waals surface area contributed by atoms with E-state index in [1.807, 2.05) is 59.7 Å². The van der Waals surface area contributed by atoms with Crippen molar-refractivity contribution < 1.29 is 22.8 Å². The van der Waals surface area contributed by atoms with Crippen LogP contribution in [0.5, 0.6) is 0 Å². The second-order valence-electron chi connectivity index (χ2n) is 7.20. The van der Waals surface area contributed by atoms with Gasteiger partial charge in [0.2, 0.25) is 12.3 Å². The van der Waals surface area contributed by atoms with E-state index >= 15 is 0 Å². The standard InChI is InChI=1S/C19H27N3O2.C3H6.C2H3F3.2C2H6/c1-4-15(3)21(5-2)12-7-10-19(24)20-17-8-6-9-18-16(17)11-13-22(18)14-23;1-3-2;1-2(3,4)5;2*1-2/h4,6,8-9,14H,5,7,10-13H2,1-3H3,(H,20,24);3H,1H2,2H3;1H3;2*1-2H3/b15-4+;;;;. The normalized spacial score (nSPS) is 11.4. The van der Waals surface area contributed by atoms with Crippen LogP contribution >= 0.6 is 0 Å². The minimum atomic E-state index is -4.00. The molecule has 8 heteroatoms. The summed E-state index contributed by atoms with van der Waals surface area (Å²) in [5.74, 6) is 0.0298. The lowest BCUT2D eigenvalue weighted by Gasteiger charge is -2.23. The monoisotopic (exact) mass is 515 g/mol. The van der Waals surface area contributed by atoms with Gasteiger partial charge in [-0.1, -0.05) is 45.9 Å². The Hall–Kier alpha value is -2.77. The van der Waals surface area contributed by atoms with Crippen molar-refractivity contribution in [3.05, 3.63) is 48.2 Å². The fraction of sp³-hybridized carbons (Fsp3) is 0.571. The number of nitrogens with zero attached hydrogens (tertiary/aromatic N) is 2. The largest absolute Gasteiger partial charge is 0.386 e. The molecule has 1 aliphatic heterocycles. The molecule has 1 heterocycles. The molecule has 0 fully saturated rings. The number of anilines is 2. The molecule has 0 aliphatic carbocycles. The Kier molecular flexibility index (Phi) is 23.8. The molecular weight excluding hydrogens is 467 g/mol. The molecule has 1 aromatic rings. The molecule has 0 radical (unpaired) electrons. The van der Waals surface area contributed by atoms with Crippen LogP contribution in [0.1, 0.15) is 80.7 Å². The van der Waals surface area contributed by atoms with Gasteiger partial charge in [0.25, 0.3) is 0 Å². The third-order valence-electron chi connectivity index (χ3n) is 4.59. The molecule has 2 amide bonds. The predicted octanol–water partition coefficient (Wildman–Crippen LogP) is 7.98. The molecule has 0 bridgehead atoms. The van der Waals surface area contributed by atoms with Crippen molar-refractivity contribution in [2.45, 2.75) is 87.8 Å². The zero-order valence-electron chi connectivity index (χ0n) is 23.8. The minimum Gasteiger partial charge on any atom is -0.376 e. The van der Waals surface area contributed by atoms with Gasteiger partial charge < -0.3 is 15.1 Å². The molecule has 208 valence electrons. The van der Waals surface area contributed by atoms with Gasteiger partial charge in [0.05, 0.1) is 0 Å². The first-order valence-corrected chi connectivity index (χ1v) is 12.7. The van der Waals surface area contributed by atoms with Crippen LogP contribution in [0.2, 0.25) is 0 Å². The molecule has 1 aromatic carbocycles. The van der Waals surface area contributed by atoms with E-state index in [1.54, 1.807) is 11.0 Å². The molecule has 36 heavy (non-hydrogen) atoms. The van der Waals surface area contributed by atoms with Gasteiger partial charge in [-0.05, 0) is 52.7 Å². The zero-order valence-corrected chi connectivity index (χ0v) is 23.8. The summed E-state index contributed by atoms with van der Waals surface area (Å²) in [4.78, 5) is 27.2. The van der Waals surface area contributed by atoms with Gasteiger partial charge in [-0.15, -0.1) is 6.58 Å². The molecular formula is C28H48F3N3O2. The van der Waals surface area contributed by atoms with Gasteiger partial charge in [0.1, 0.15) is 0 Å². The number of halogens is 3. The first-order chi connectivity index (χ1) is 17.0. The summed E-state index contributed by atoms with van der Waals surface area (Å²) in [6.07, 6.45) is 2.79. The van der Waals surface area contributed by atoms with Crippen LogP contribution in [0.25, 0.3) is 0 Å². The van der Waals surface area contributed by atoms with Crippen molar-refractivity contribution in [1.29, 1.82) is 0 Å².